The molecule has 1 aromatic carbocycles. The van der Waals surface area contributed by atoms with Crippen molar-refractivity contribution in [2.75, 3.05) is 6.54 Å². The lowest BCUT2D eigenvalue weighted by Crippen LogP contribution is -2.45. The van der Waals surface area contributed by atoms with Crippen LogP contribution in [0.5, 0.6) is 0 Å². The molecule has 1 rings (SSSR count). The van der Waals surface area contributed by atoms with Crippen molar-refractivity contribution in [3.63, 3.8) is 0 Å². The van der Waals surface area contributed by atoms with Gasteiger partial charge >= 0.3 is 0 Å². The Morgan fingerprint density at radius 2 is 2.06 bits per heavy atom. The van der Waals surface area contributed by atoms with Gasteiger partial charge in [0.2, 0.25) is 10.0 Å². The SMILES string of the molecule is CC(C)(N)CNS(=O)(=O)c1ccc(Br)cc1Cl. The van der Waals surface area contributed by atoms with E-state index in [-0.39, 0.29) is 16.5 Å². The van der Waals surface area contributed by atoms with Gasteiger partial charge in [0.05, 0.1) is 5.02 Å². The second-order valence-electron chi connectivity index (χ2n) is 4.39. The highest BCUT2D eigenvalue weighted by Crippen LogP contribution is 2.25. The number of nitrogens with two attached hydrogens (primary N) is 1. The van der Waals surface area contributed by atoms with Gasteiger partial charge in [-0.05, 0) is 32.0 Å². The van der Waals surface area contributed by atoms with E-state index in [1.165, 1.54) is 12.1 Å². The molecule has 0 aliphatic heterocycles. The Balaban J connectivity index is 2.98. The van der Waals surface area contributed by atoms with Gasteiger partial charge in [0, 0.05) is 16.6 Å². The number of sulfonamides is 1. The van der Waals surface area contributed by atoms with E-state index >= 15 is 0 Å². The lowest BCUT2D eigenvalue weighted by atomic mass is 10.1. The third-order valence-corrected chi connectivity index (χ3v) is 4.28. The fourth-order valence-electron chi connectivity index (χ4n) is 1.05. The first-order chi connectivity index (χ1) is 7.62. The van der Waals surface area contributed by atoms with Crippen LogP contribution in [0.15, 0.2) is 27.6 Å². The number of hydrogen-bond donors (Lipinski definition) is 2. The summed E-state index contributed by atoms with van der Waals surface area (Å²) in [5.74, 6) is 0. The average Bonchev–Trinajstić information content (AvgIpc) is 2.13. The molecule has 7 heteroatoms. The van der Waals surface area contributed by atoms with Crippen molar-refractivity contribution < 1.29 is 8.42 Å². The maximum atomic E-state index is 11.9. The van der Waals surface area contributed by atoms with Gasteiger partial charge in [0.25, 0.3) is 0 Å². The normalized spacial score (nSPS) is 12.8. The summed E-state index contributed by atoms with van der Waals surface area (Å²) in [7, 11) is -3.62. The van der Waals surface area contributed by atoms with Gasteiger partial charge in [0.1, 0.15) is 4.90 Å². The van der Waals surface area contributed by atoms with Gasteiger partial charge in [0.15, 0.2) is 0 Å². The fourth-order valence-corrected chi connectivity index (χ4v) is 3.31. The number of halogens is 2. The molecule has 0 atom stereocenters. The zero-order valence-corrected chi connectivity index (χ0v) is 12.7. The summed E-state index contributed by atoms with van der Waals surface area (Å²) in [5, 5.41) is 0.168. The summed E-state index contributed by atoms with van der Waals surface area (Å²) in [4.78, 5) is 0.0478. The summed E-state index contributed by atoms with van der Waals surface area (Å²) in [6.45, 7) is 3.61. The van der Waals surface area contributed by atoms with E-state index in [2.05, 4.69) is 20.7 Å². The van der Waals surface area contributed by atoms with Gasteiger partial charge in [-0.25, -0.2) is 13.1 Å². The minimum atomic E-state index is -3.62. The average molecular weight is 342 g/mol. The van der Waals surface area contributed by atoms with Crippen LogP contribution >= 0.6 is 27.5 Å². The van der Waals surface area contributed by atoms with Crippen molar-refractivity contribution in [1.82, 2.24) is 4.72 Å². The predicted octanol–water partition coefficient (Wildman–Crippen LogP) is 2.12. The molecule has 0 aliphatic rings. The molecular formula is C10H14BrClN2O2S. The second kappa shape index (κ2) is 5.24. The molecule has 17 heavy (non-hydrogen) atoms. The van der Waals surface area contributed by atoms with E-state index < -0.39 is 15.6 Å². The van der Waals surface area contributed by atoms with Crippen LogP contribution < -0.4 is 10.5 Å². The molecule has 0 bridgehead atoms. The lowest BCUT2D eigenvalue weighted by molar-refractivity contribution is 0.498. The summed E-state index contributed by atoms with van der Waals surface area (Å²) in [6, 6.07) is 4.59. The topological polar surface area (TPSA) is 72.2 Å². The third kappa shape index (κ3) is 4.56. The maximum Gasteiger partial charge on any atom is 0.242 e. The molecule has 0 unspecified atom stereocenters. The van der Waals surface area contributed by atoms with E-state index in [4.69, 9.17) is 17.3 Å². The van der Waals surface area contributed by atoms with Crippen molar-refractivity contribution in [3.8, 4) is 0 Å². The Hall–Kier alpha value is -0.140. The van der Waals surface area contributed by atoms with Crippen LogP contribution in [0.3, 0.4) is 0 Å². The highest BCUT2D eigenvalue weighted by molar-refractivity contribution is 9.10. The lowest BCUT2D eigenvalue weighted by Gasteiger charge is -2.19. The summed E-state index contributed by atoms with van der Waals surface area (Å²) in [5.41, 5.74) is 5.10. The minimum Gasteiger partial charge on any atom is -0.324 e. The Labute approximate surface area is 115 Å². The van der Waals surface area contributed by atoms with Crippen LogP contribution in [-0.2, 0) is 10.0 Å². The third-order valence-electron chi connectivity index (χ3n) is 1.90. The highest BCUT2D eigenvalue weighted by Gasteiger charge is 2.21. The molecule has 1 aromatic rings. The van der Waals surface area contributed by atoms with Crippen LogP contribution in [-0.4, -0.2) is 20.5 Å². The Bertz CT molecular complexity index is 512. The summed E-state index contributed by atoms with van der Waals surface area (Å²) >= 11 is 9.10. The van der Waals surface area contributed by atoms with E-state index in [1.54, 1.807) is 19.9 Å². The molecule has 0 fully saturated rings. The van der Waals surface area contributed by atoms with Gasteiger partial charge in [-0.15, -0.1) is 0 Å². The van der Waals surface area contributed by atoms with Crippen LogP contribution in [0.1, 0.15) is 13.8 Å². The number of rotatable bonds is 4. The molecule has 0 aromatic heterocycles. The number of nitrogens with one attached hydrogen (secondary N) is 1. The molecule has 0 heterocycles. The minimum absolute atomic E-state index is 0.0478. The quantitative estimate of drug-likeness (QED) is 0.881. The van der Waals surface area contributed by atoms with Gasteiger partial charge in [-0.2, -0.15) is 0 Å². The van der Waals surface area contributed by atoms with E-state index in [0.29, 0.717) is 0 Å². The molecule has 0 spiro atoms. The van der Waals surface area contributed by atoms with E-state index in [1.807, 2.05) is 0 Å². The monoisotopic (exact) mass is 340 g/mol. The predicted molar refractivity (Wildman–Crippen MR) is 72.6 cm³/mol. The van der Waals surface area contributed by atoms with Crippen LogP contribution in [0.4, 0.5) is 0 Å². The molecule has 4 nitrogen and oxygen atoms in total. The molecule has 0 amide bonds. The van der Waals surface area contributed by atoms with Crippen LogP contribution in [0.25, 0.3) is 0 Å². The fraction of sp³-hybridized carbons (Fsp3) is 0.400. The van der Waals surface area contributed by atoms with Crippen molar-refractivity contribution in [2.45, 2.75) is 24.3 Å². The van der Waals surface area contributed by atoms with Crippen molar-refractivity contribution in [2.24, 2.45) is 5.73 Å². The van der Waals surface area contributed by atoms with Crippen molar-refractivity contribution >= 4 is 37.6 Å². The molecule has 96 valence electrons. The Kier molecular flexibility index (Phi) is 4.60. The van der Waals surface area contributed by atoms with Crippen molar-refractivity contribution in [3.05, 3.63) is 27.7 Å². The van der Waals surface area contributed by atoms with Gasteiger partial charge < -0.3 is 5.73 Å². The highest BCUT2D eigenvalue weighted by atomic mass is 79.9. The van der Waals surface area contributed by atoms with Crippen molar-refractivity contribution in [1.29, 1.82) is 0 Å². The largest absolute Gasteiger partial charge is 0.324 e. The molecular weight excluding hydrogens is 328 g/mol. The summed E-state index contributed by atoms with van der Waals surface area (Å²) < 4.78 is 27.0. The van der Waals surface area contributed by atoms with Crippen LogP contribution in [0.2, 0.25) is 5.02 Å². The van der Waals surface area contributed by atoms with E-state index in [9.17, 15) is 8.42 Å². The molecule has 0 aliphatic carbocycles. The Morgan fingerprint density at radius 3 is 2.53 bits per heavy atom. The Morgan fingerprint density at radius 1 is 1.47 bits per heavy atom. The van der Waals surface area contributed by atoms with Gasteiger partial charge in [-0.1, -0.05) is 27.5 Å². The molecule has 0 radical (unpaired) electrons. The first-order valence-corrected chi connectivity index (χ1v) is 7.51. The maximum absolute atomic E-state index is 11.9. The first kappa shape index (κ1) is 14.9. The van der Waals surface area contributed by atoms with Crippen LogP contribution in [0, 0.1) is 0 Å². The summed E-state index contributed by atoms with van der Waals surface area (Å²) in [6.07, 6.45) is 0. The second-order valence-corrected chi connectivity index (χ2v) is 7.45. The molecule has 0 saturated heterocycles. The smallest absolute Gasteiger partial charge is 0.242 e. The zero-order valence-electron chi connectivity index (χ0n) is 9.50. The standard InChI is InChI=1S/C10H14BrClN2O2S/c1-10(2,13)6-14-17(15,16)9-4-3-7(11)5-8(9)12/h3-5,14H,6,13H2,1-2H3. The molecule has 0 saturated carbocycles. The van der Waals surface area contributed by atoms with Gasteiger partial charge in [-0.3, -0.25) is 0 Å². The van der Waals surface area contributed by atoms with E-state index in [0.717, 1.165) is 4.47 Å². The zero-order chi connectivity index (χ0) is 13.3. The molecule has 3 N–H and O–H groups in total. The number of hydrogen-bond acceptors (Lipinski definition) is 3. The number of benzene rings is 1. The first-order valence-electron chi connectivity index (χ1n) is 4.85.